The number of aromatic nitrogens is 2. The molecule has 0 radical (unpaired) electrons. The summed E-state index contributed by atoms with van der Waals surface area (Å²) in [5.41, 5.74) is 2.77. The Labute approximate surface area is 165 Å². The maximum absolute atomic E-state index is 12.5. The molecule has 1 aliphatic rings. The lowest BCUT2D eigenvalue weighted by atomic mass is 10.1. The maximum Gasteiger partial charge on any atom is 0.251 e. The molecule has 1 heterocycles. The van der Waals surface area contributed by atoms with Crippen molar-refractivity contribution < 1.29 is 9.53 Å². The maximum atomic E-state index is 12.5. The molecule has 5 heteroatoms. The number of hydrogen-bond donors (Lipinski definition) is 1. The number of carbonyl (C=O) groups is 1. The molecule has 1 aromatic heterocycles. The molecular weight excluding hydrogens is 350 g/mol. The Bertz CT molecular complexity index is 898. The molecule has 144 valence electrons. The van der Waals surface area contributed by atoms with E-state index < -0.39 is 0 Å². The third kappa shape index (κ3) is 4.60. The average molecular weight is 375 g/mol. The number of rotatable bonds is 7. The van der Waals surface area contributed by atoms with Crippen LogP contribution in [0.15, 0.2) is 67.0 Å². The van der Waals surface area contributed by atoms with Crippen LogP contribution in [0.1, 0.15) is 47.2 Å². The Morgan fingerprint density at radius 1 is 1.07 bits per heavy atom. The summed E-state index contributed by atoms with van der Waals surface area (Å²) in [5, 5.41) is 7.21. The molecule has 0 spiro atoms. The van der Waals surface area contributed by atoms with E-state index in [9.17, 15) is 4.79 Å². The third-order valence-corrected chi connectivity index (χ3v) is 5.13. The van der Waals surface area contributed by atoms with Crippen molar-refractivity contribution in [3.8, 4) is 5.75 Å². The third-order valence-electron chi connectivity index (χ3n) is 5.13. The van der Waals surface area contributed by atoms with Gasteiger partial charge in [0, 0.05) is 30.1 Å². The molecule has 4 rings (SSSR count). The number of nitrogens with one attached hydrogen (secondary N) is 1. The van der Waals surface area contributed by atoms with Gasteiger partial charge >= 0.3 is 0 Å². The zero-order chi connectivity index (χ0) is 19.2. The van der Waals surface area contributed by atoms with Crippen molar-refractivity contribution in [1.29, 1.82) is 0 Å². The number of amides is 1. The smallest absolute Gasteiger partial charge is 0.251 e. The Kier molecular flexibility index (Phi) is 5.71. The molecule has 1 fully saturated rings. The quantitative estimate of drug-likeness (QED) is 0.674. The molecule has 0 aliphatic heterocycles. The molecule has 0 saturated heterocycles. The molecule has 1 aliphatic carbocycles. The van der Waals surface area contributed by atoms with Gasteiger partial charge in [0.25, 0.3) is 5.91 Å². The minimum Gasteiger partial charge on any atom is -0.490 e. The fraction of sp³-hybridized carbons (Fsp3) is 0.304. The van der Waals surface area contributed by atoms with Gasteiger partial charge in [-0.3, -0.25) is 9.48 Å². The fourth-order valence-corrected chi connectivity index (χ4v) is 3.57. The molecular formula is C23H25N3O2. The van der Waals surface area contributed by atoms with E-state index in [4.69, 9.17) is 4.74 Å². The number of para-hydroxylation sites is 1. The van der Waals surface area contributed by atoms with Crippen molar-refractivity contribution in [1.82, 2.24) is 15.1 Å². The zero-order valence-corrected chi connectivity index (χ0v) is 15.9. The lowest BCUT2D eigenvalue weighted by Gasteiger charge is -2.17. The first-order valence-electron chi connectivity index (χ1n) is 9.87. The molecule has 1 amide bonds. The van der Waals surface area contributed by atoms with Crippen molar-refractivity contribution >= 4 is 5.91 Å². The summed E-state index contributed by atoms with van der Waals surface area (Å²) in [5.74, 6) is 0.797. The van der Waals surface area contributed by atoms with Crippen LogP contribution in [0.25, 0.3) is 0 Å². The molecule has 0 unspecified atom stereocenters. The largest absolute Gasteiger partial charge is 0.490 e. The summed E-state index contributed by atoms with van der Waals surface area (Å²) in [6.07, 6.45) is 8.69. The number of nitrogens with zero attached hydrogens (tertiary/aromatic N) is 2. The molecule has 5 nitrogen and oxygen atoms in total. The molecule has 3 aromatic rings. The van der Waals surface area contributed by atoms with Crippen molar-refractivity contribution in [2.75, 3.05) is 0 Å². The van der Waals surface area contributed by atoms with Crippen molar-refractivity contribution in [2.45, 2.75) is 44.9 Å². The SMILES string of the molecule is O=C(NCc1ccccc1OC1CCCC1)c1ccc(Cn2cccn2)cc1. The number of carbonyl (C=O) groups excluding carboxylic acids is 1. The van der Waals surface area contributed by atoms with E-state index in [1.807, 2.05) is 65.5 Å². The standard InChI is InChI=1S/C23H25N3O2/c27-23(19-12-10-18(11-13-19)17-26-15-5-14-25-26)24-16-20-6-1-4-9-22(20)28-21-7-2-3-8-21/h1,4-6,9-15,21H,2-3,7-8,16-17H2,(H,24,27). The highest BCUT2D eigenvalue weighted by molar-refractivity contribution is 5.94. The van der Waals surface area contributed by atoms with E-state index in [0.717, 1.165) is 29.7 Å². The van der Waals surface area contributed by atoms with Gasteiger partial charge in [0.2, 0.25) is 0 Å². The van der Waals surface area contributed by atoms with E-state index in [0.29, 0.717) is 24.8 Å². The summed E-state index contributed by atoms with van der Waals surface area (Å²) in [6, 6.07) is 17.5. The van der Waals surface area contributed by atoms with Gasteiger partial charge < -0.3 is 10.1 Å². The van der Waals surface area contributed by atoms with Crippen molar-refractivity contribution in [3.05, 3.63) is 83.7 Å². The fourth-order valence-electron chi connectivity index (χ4n) is 3.57. The van der Waals surface area contributed by atoms with Crippen LogP contribution >= 0.6 is 0 Å². The van der Waals surface area contributed by atoms with Gasteiger partial charge in [0.15, 0.2) is 0 Å². The summed E-state index contributed by atoms with van der Waals surface area (Å²) in [7, 11) is 0. The summed E-state index contributed by atoms with van der Waals surface area (Å²) < 4.78 is 8.01. The first-order valence-corrected chi connectivity index (χ1v) is 9.87. The second-order valence-corrected chi connectivity index (χ2v) is 7.22. The van der Waals surface area contributed by atoms with Crippen LogP contribution in [0.5, 0.6) is 5.75 Å². The second-order valence-electron chi connectivity index (χ2n) is 7.22. The van der Waals surface area contributed by atoms with Gasteiger partial charge in [-0.25, -0.2) is 0 Å². The van der Waals surface area contributed by atoms with Crippen LogP contribution in [0.3, 0.4) is 0 Å². The normalized spacial score (nSPS) is 14.1. The van der Waals surface area contributed by atoms with Crippen molar-refractivity contribution in [2.24, 2.45) is 0 Å². The summed E-state index contributed by atoms with van der Waals surface area (Å²) in [6.45, 7) is 1.15. The average Bonchev–Trinajstić information content (AvgIpc) is 3.42. The van der Waals surface area contributed by atoms with Gasteiger partial charge in [-0.15, -0.1) is 0 Å². The molecule has 28 heavy (non-hydrogen) atoms. The highest BCUT2D eigenvalue weighted by Crippen LogP contribution is 2.26. The minimum atomic E-state index is -0.0821. The first-order chi connectivity index (χ1) is 13.8. The summed E-state index contributed by atoms with van der Waals surface area (Å²) in [4.78, 5) is 12.5. The van der Waals surface area contributed by atoms with Crippen LogP contribution in [0.4, 0.5) is 0 Å². The highest BCUT2D eigenvalue weighted by atomic mass is 16.5. The topological polar surface area (TPSA) is 56.1 Å². The Balaban J connectivity index is 1.35. The highest BCUT2D eigenvalue weighted by Gasteiger charge is 2.18. The molecule has 2 aromatic carbocycles. The van der Waals surface area contributed by atoms with Gasteiger partial charge in [-0.05, 0) is 55.5 Å². The molecule has 0 bridgehead atoms. The number of benzene rings is 2. The van der Waals surface area contributed by atoms with Gasteiger partial charge in [0.05, 0.1) is 12.6 Å². The molecule has 1 N–H and O–H groups in total. The van der Waals surface area contributed by atoms with Gasteiger partial charge in [-0.1, -0.05) is 30.3 Å². The van der Waals surface area contributed by atoms with E-state index in [1.165, 1.54) is 12.8 Å². The van der Waals surface area contributed by atoms with Crippen LogP contribution in [-0.4, -0.2) is 21.8 Å². The van der Waals surface area contributed by atoms with Crippen LogP contribution in [-0.2, 0) is 13.1 Å². The van der Waals surface area contributed by atoms with E-state index in [2.05, 4.69) is 10.4 Å². The lowest BCUT2D eigenvalue weighted by molar-refractivity contribution is 0.0950. The molecule has 1 saturated carbocycles. The van der Waals surface area contributed by atoms with Crippen LogP contribution < -0.4 is 10.1 Å². The first kappa shape index (κ1) is 18.3. The lowest BCUT2D eigenvalue weighted by Crippen LogP contribution is -2.23. The summed E-state index contributed by atoms with van der Waals surface area (Å²) >= 11 is 0. The van der Waals surface area contributed by atoms with Gasteiger partial charge in [-0.2, -0.15) is 5.10 Å². The Morgan fingerprint density at radius 2 is 1.86 bits per heavy atom. The van der Waals surface area contributed by atoms with E-state index in [-0.39, 0.29) is 5.91 Å². The predicted octanol–water partition coefficient (Wildman–Crippen LogP) is 4.18. The van der Waals surface area contributed by atoms with Gasteiger partial charge in [0.1, 0.15) is 5.75 Å². The van der Waals surface area contributed by atoms with Crippen molar-refractivity contribution in [3.63, 3.8) is 0 Å². The molecule has 0 atom stereocenters. The zero-order valence-electron chi connectivity index (χ0n) is 15.9. The second kappa shape index (κ2) is 8.74. The van der Waals surface area contributed by atoms with Crippen LogP contribution in [0.2, 0.25) is 0 Å². The Morgan fingerprint density at radius 3 is 2.61 bits per heavy atom. The van der Waals surface area contributed by atoms with E-state index in [1.54, 1.807) is 6.20 Å². The van der Waals surface area contributed by atoms with Crippen LogP contribution in [0, 0.1) is 0 Å². The predicted molar refractivity (Wildman–Crippen MR) is 108 cm³/mol. The number of hydrogen-bond acceptors (Lipinski definition) is 3. The number of ether oxygens (including phenoxy) is 1. The minimum absolute atomic E-state index is 0.0821. The van der Waals surface area contributed by atoms with E-state index >= 15 is 0 Å². The monoisotopic (exact) mass is 375 g/mol. The Hall–Kier alpha value is -3.08.